The van der Waals surface area contributed by atoms with Crippen LogP contribution in [-0.4, -0.2) is 12.4 Å². The number of para-hydroxylation sites is 3. The Hall–Kier alpha value is -4.04. The zero-order valence-electron chi connectivity index (χ0n) is 17.9. The highest BCUT2D eigenvalue weighted by atomic mass is 15.0. The normalized spacial score (nSPS) is 17.3. The molecule has 33 heavy (non-hydrogen) atoms. The Kier molecular flexibility index (Phi) is 3.10. The Morgan fingerprint density at radius 3 is 2.18 bits per heavy atom. The molecule has 150 valence electrons. The van der Waals surface area contributed by atoms with Crippen molar-refractivity contribution >= 4 is 35.1 Å². The summed E-state index contributed by atoms with van der Waals surface area (Å²) >= 11 is 0. The Balaban J connectivity index is 1.70. The van der Waals surface area contributed by atoms with E-state index in [0.717, 1.165) is 5.46 Å². The second-order valence-electron chi connectivity index (χ2n) is 9.17. The summed E-state index contributed by atoms with van der Waals surface area (Å²) in [6.07, 6.45) is 0. The monoisotopic (exact) mass is 415 g/mol. The standard InChI is InChI=1S/C31H18BN/c32-19-16-17-21-20-8-1-3-11-24(20)31(27(21)18-19)25-12-4-6-15-29(25)33-28-14-5-2-9-22(28)23-10-7-13-26(31)30(23)33/h1-18H. The molecule has 8 rings (SSSR count). The van der Waals surface area contributed by atoms with Gasteiger partial charge < -0.3 is 4.57 Å². The van der Waals surface area contributed by atoms with Gasteiger partial charge in [-0.3, -0.25) is 0 Å². The van der Waals surface area contributed by atoms with Crippen molar-refractivity contribution in [3.8, 4) is 16.8 Å². The number of fused-ring (bicyclic) bond motifs is 12. The molecule has 0 bridgehead atoms. The summed E-state index contributed by atoms with van der Waals surface area (Å²) in [7, 11) is 6.42. The van der Waals surface area contributed by atoms with Crippen molar-refractivity contribution in [3.63, 3.8) is 0 Å². The summed E-state index contributed by atoms with van der Waals surface area (Å²) < 4.78 is 2.47. The van der Waals surface area contributed by atoms with E-state index in [0.29, 0.717) is 0 Å². The lowest BCUT2D eigenvalue weighted by molar-refractivity contribution is 0.749. The first-order chi connectivity index (χ1) is 16.3. The highest BCUT2D eigenvalue weighted by Crippen LogP contribution is 2.60. The minimum Gasteiger partial charge on any atom is -0.309 e. The molecule has 5 aromatic carbocycles. The first kappa shape index (κ1) is 17.5. The van der Waals surface area contributed by atoms with Gasteiger partial charge in [-0.05, 0) is 45.5 Å². The molecule has 1 spiro atoms. The maximum Gasteiger partial charge on any atom is 0.113 e. The van der Waals surface area contributed by atoms with Crippen LogP contribution < -0.4 is 5.46 Å². The predicted octanol–water partition coefficient (Wildman–Crippen LogP) is 6.25. The van der Waals surface area contributed by atoms with E-state index in [1.807, 2.05) is 6.07 Å². The highest BCUT2D eigenvalue weighted by Gasteiger charge is 2.50. The maximum absolute atomic E-state index is 6.42. The van der Waals surface area contributed by atoms with Crippen LogP contribution in [0.15, 0.2) is 109 Å². The van der Waals surface area contributed by atoms with Gasteiger partial charge in [0.25, 0.3) is 0 Å². The van der Waals surface area contributed by atoms with Crippen molar-refractivity contribution in [2.24, 2.45) is 0 Å². The van der Waals surface area contributed by atoms with Crippen LogP contribution in [0.25, 0.3) is 38.6 Å². The van der Waals surface area contributed by atoms with Crippen molar-refractivity contribution in [2.75, 3.05) is 0 Å². The Labute approximate surface area is 193 Å². The summed E-state index contributed by atoms with van der Waals surface area (Å²) in [5.74, 6) is 0. The van der Waals surface area contributed by atoms with E-state index in [9.17, 15) is 0 Å². The molecule has 0 N–H and O–H groups in total. The second-order valence-corrected chi connectivity index (χ2v) is 9.17. The van der Waals surface area contributed by atoms with Crippen LogP contribution in [0, 0.1) is 0 Å². The van der Waals surface area contributed by atoms with Gasteiger partial charge >= 0.3 is 0 Å². The van der Waals surface area contributed by atoms with Crippen LogP contribution in [0.2, 0.25) is 0 Å². The third-order valence-corrected chi connectivity index (χ3v) is 7.72. The van der Waals surface area contributed by atoms with Gasteiger partial charge in [0.05, 0.1) is 22.1 Å². The lowest BCUT2D eigenvalue weighted by Crippen LogP contribution is -2.34. The number of benzene rings is 5. The number of aromatic nitrogens is 1. The Morgan fingerprint density at radius 2 is 1.24 bits per heavy atom. The molecule has 2 aliphatic rings. The average Bonchev–Trinajstić information content (AvgIpc) is 3.35. The fraction of sp³-hybridized carbons (Fsp3) is 0.0323. The minimum absolute atomic E-state index is 0.401. The van der Waals surface area contributed by atoms with Crippen LogP contribution in [-0.2, 0) is 5.41 Å². The topological polar surface area (TPSA) is 4.93 Å². The summed E-state index contributed by atoms with van der Waals surface area (Å²) in [6, 6.07) is 39.8. The van der Waals surface area contributed by atoms with Gasteiger partial charge in [0.1, 0.15) is 7.85 Å². The Morgan fingerprint density at radius 1 is 0.545 bits per heavy atom. The molecule has 2 radical (unpaired) electrons. The number of hydrogen-bond acceptors (Lipinski definition) is 0. The molecule has 2 heteroatoms. The van der Waals surface area contributed by atoms with Gasteiger partial charge in [0, 0.05) is 10.8 Å². The zero-order valence-corrected chi connectivity index (χ0v) is 17.9. The van der Waals surface area contributed by atoms with E-state index in [2.05, 4.69) is 108 Å². The van der Waals surface area contributed by atoms with Crippen LogP contribution >= 0.6 is 0 Å². The molecular weight excluding hydrogens is 397 g/mol. The SMILES string of the molecule is [B]c1ccc2c(c1)C1(c3ccccc3-2)c2ccccc2-n2c3ccccc3c3cccc1c32. The van der Waals surface area contributed by atoms with Crippen LogP contribution in [0.3, 0.4) is 0 Å². The smallest absolute Gasteiger partial charge is 0.113 e. The lowest BCUT2D eigenvalue weighted by atomic mass is 9.65. The molecule has 0 saturated heterocycles. The van der Waals surface area contributed by atoms with Gasteiger partial charge in [-0.15, -0.1) is 0 Å². The molecule has 1 aliphatic heterocycles. The van der Waals surface area contributed by atoms with Crippen LogP contribution in [0.1, 0.15) is 22.3 Å². The molecule has 0 saturated carbocycles. The summed E-state index contributed by atoms with van der Waals surface area (Å²) in [5, 5.41) is 2.59. The maximum atomic E-state index is 6.42. The quantitative estimate of drug-likeness (QED) is 0.258. The molecule has 1 unspecified atom stereocenters. The van der Waals surface area contributed by atoms with Crippen molar-refractivity contribution in [1.29, 1.82) is 0 Å². The van der Waals surface area contributed by atoms with Crippen molar-refractivity contribution in [1.82, 2.24) is 4.57 Å². The molecular formula is C31H18BN. The van der Waals surface area contributed by atoms with Crippen molar-refractivity contribution in [3.05, 3.63) is 131 Å². The first-order valence-corrected chi connectivity index (χ1v) is 11.4. The van der Waals surface area contributed by atoms with Crippen molar-refractivity contribution in [2.45, 2.75) is 5.41 Å². The van der Waals surface area contributed by atoms with Crippen molar-refractivity contribution < 1.29 is 0 Å². The molecule has 0 amide bonds. The fourth-order valence-electron chi connectivity index (χ4n) is 6.58. The van der Waals surface area contributed by atoms with Gasteiger partial charge in [-0.1, -0.05) is 103 Å². The Bertz CT molecular complexity index is 1790. The fourth-order valence-corrected chi connectivity index (χ4v) is 6.58. The highest BCUT2D eigenvalue weighted by molar-refractivity contribution is 6.32. The van der Waals surface area contributed by atoms with E-state index < -0.39 is 5.41 Å². The van der Waals surface area contributed by atoms with Crippen LogP contribution in [0.5, 0.6) is 0 Å². The van der Waals surface area contributed by atoms with Gasteiger partial charge in [-0.2, -0.15) is 0 Å². The molecule has 1 nitrogen and oxygen atoms in total. The molecule has 0 fully saturated rings. The number of rotatable bonds is 0. The third-order valence-electron chi connectivity index (χ3n) is 7.72. The van der Waals surface area contributed by atoms with Gasteiger partial charge in [0.2, 0.25) is 0 Å². The van der Waals surface area contributed by atoms with E-state index in [1.165, 1.54) is 60.9 Å². The molecule has 1 aromatic heterocycles. The zero-order chi connectivity index (χ0) is 21.7. The summed E-state index contributed by atoms with van der Waals surface area (Å²) in [6.45, 7) is 0. The molecule has 1 atom stereocenters. The minimum atomic E-state index is -0.401. The number of nitrogens with zero attached hydrogens (tertiary/aromatic N) is 1. The largest absolute Gasteiger partial charge is 0.309 e. The van der Waals surface area contributed by atoms with Gasteiger partial charge in [-0.25, -0.2) is 0 Å². The second kappa shape index (κ2) is 5.85. The first-order valence-electron chi connectivity index (χ1n) is 11.4. The van der Waals surface area contributed by atoms with E-state index in [4.69, 9.17) is 7.85 Å². The van der Waals surface area contributed by atoms with E-state index in [1.54, 1.807) is 0 Å². The van der Waals surface area contributed by atoms with Crippen LogP contribution in [0.4, 0.5) is 0 Å². The third kappa shape index (κ3) is 1.89. The summed E-state index contributed by atoms with van der Waals surface area (Å²) in [5.41, 5.74) is 12.0. The predicted molar refractivity (Wildman–Crippen MR) is 137 cm³/mol. The van der Waals surface area contributed by atoms with E-state index in [-0.39, 0.29) is 0 Å². The lowest BCUT2D eigenvalue weighted by Gasteiger charge is -2.39. The summed E-state index contributed by atoms with van der Waals surface area (Å²) in [4.78, 5) is 0. The molecule has 2 heterocycles. The molecule has 6 aromatic rings. The average molecular weight is 415 g/mol. The van der Waals surface area contributed by atoms with E-state index >= 15 is 0 Å². The molecule has 1 aliphatic carbocycles. The van der Waals surface area contributed by atoms with Gasteiger partial charge in [0.15, 0.2) is 0 Å². The number of hydrogen-bond donors (Lipinski definition) is 0.